The fourth-order valence-corrected chi connectivity index (χ4v) is 2.40. The molecule has 0 aliphatic carbocycles. The average Bonchev–Trinajstić information content (AvgIpc) is 2.63. The molecule has 18 heavy (non-hydrogen) atoms. The topological polar surface area (TPSA) is 84.4 Å². The summed E-state index contributed by atoms with van der Waals surface area (Å²) in [6.07, 6.45) is 1.86. The van der Waals surface area contributed by atoms with E-state index in [1.165, 1.54) is 4.68 Å². The summed E-state index contributed by atoms with van der Waals surface area (Å²) in [6, 6.07) is 0. The highest BCUT2D eigenvalue weighted by Crippen LogP contribution is 2.21. The molecule has 1 aliphatic heterocycles. The van der Waals surface area contributed by atoms with Crippen molar-refractivity contribution in [3.8, 4) is 0 Å². The van der Waals surface area contributed by atoms with E-state index in [-0.39, 0.29) is 5.91 Å². The van der Waals surface area contributed by atoms with Crippen molar-refractivity contribution in [3.63, 3.8) is 0 Å². The van der Waals surface area contributed by atoms with Gasteiger partial charge in [0.15, 0.2) is 0 Å². The summed E-state index contributed by atoms with van der Waals surface area (Å²) in [5, 5.41) is 13.9. The van der Waals surface area contributed by atoms with Gasteiger partial charge in [-0.3, -0.25) is 9.48 Å². The Morgan fingerprint density at radius 3 is 2.89 bits per heavy atom. The summed E-state index contributed by atoms with van der Waals surface area (Å²) >= 11 is 0. The normalized spacial score (nSPS) is 20.2. The molecule has 1 aliphatic rings. The number of hydrogen-bond donors (Lipinski definition) is 2. The molecule has 0 saturated carbocycles. The number of aryl methyl sites for hydroxylation is 2. The molecule has 2 heterocycles. The van der Waals surface area contributed by atoms with Crippen LogP contribution in [0.25, 0.3) is 0 Å². The van der Waals surface area contributed by atoms with Crippen LogP contribution in [0.2, 0.25) is 0 Å². The van der Waals surface area contributed by atoms with Gasteiger partial charge in [-0.1, -0.05) is 6.92 Å². The van der Waals surface area contributed by atoms with Crippen molar-refractivity contribution in [2.24, 2.45) is 7.05 Å². The lowest BCUT2D eigenvalue weighted by atomic mass is 10.1. The summed E-state index contributed by atoms with van der Waals surface area (Å²) in [5.74, 6) is -0.138. The molecule has 2 rings (SSSR count). The van der Waals surface area contributed by atoms with Gasteiger partial charge in [0, 0.05) is 20.1 Å². The molecule has 6 nitrogen and oxygen atoms in total. The first-order chi connectivity index (χ1) is 8.54. The fourth-order valence-electron chi connectivity index (χ4n) is 2.40. The third-order valence-electron chi connectivity index (χ3n) is 3.38. The summed E-state index contributed by atoms with van der Waals surface area (Å²) in [5.41, 5.74) is 7.61. The number of nitrogens with two attached hydrogens (primary N) is 1. The molecule has 100 valence electrons. The van der Waals surface area contributed by atoms with Crippen LogP contribution in [-0.2, 0) is 13.5 Å². The van der Waals surface area contributed by atoms with E-state index in [1.54, 1.807) is 11.9 Å². The highest BCUT2D eigenvalue weighted by atomic mass is 16.3. The van der Waals surface area contributed by atoms with Crippen LogP contribution in [-0.4, -0.2) is 44.9 Å². The van der Waals surface area contributed by atoms with Crippen LogP contribution in [0.5, 0.6) is 0 Å². The number of likely N-dealkylation sites (tertiary alicyclic amines) is 1. The second kappa shape index (κ2) is 4.97. The van der Waals surface area contributed by atoms with Gasteiger partial charge in [0.1, 0.15) is 5.69 Å². The number of anilines is 1. The zero-order valence-corrected chi connectivity index (χ0v) is 10.9. The number of rotatable bonds is 2. The molecular weight excluding hydrogens is 232 g/mol. The molecule has 1 atom stereocenters. The lowest BCUT2D eigenvalue weighted by molar-refractivity contribution is 0.0465. The summed E-state index contributed by atoms with van der Waals surface area (Å²) in [7, 11) is 1.73. The van der Waals surface area contributed by atoms with E-state index in [1.807, 2.05) is 6.92 Å². The highest BCUT2D eigenvalue weighted by Gasteiger charge is 2.27. The van der Waals surface area contributed by atoms with E-state index in [2.05, 4.69) is 5.10 Å². The zero-order chi connectivity index (χ0) is 13.3. The Kier molecular flexibility index (Phi) is 3.56. The first-order valence-electron chi connectivity index (χ1n) is 6.33. The predicted octanol–water partition coefficient (Wildman–Crippen LogP) is 0.162. The highest BCUT2D eigenvalue weighted by molar-refractivity contribution is 5.98. The summed E-state index contributed by atoms with van der Waals surface area (Å²) < 4.78 is 1.54. The SMILES string of the molecule is CCc1nn(C)c(C(=O)N2CCCC(O)C2)c1N. The van der Waals surface area contributed by atoms with Crippen molar-refractivity contribution in [1.82, 2.24) is 14.7 Å². The maximum absolute atomic E-state index is 12.4. The van der Waals surface area contributed by atoms with Gasteiger partial charge in [0.25, 0.3) is 5.91 Å². The number of hydrogen-bond acceptors (Lipinski definition) is 4. The molecule has 0 aromatic carbocycles. The molecule has 1 saturated heterocycles. The Bertz CT molecular complexity index is 455. The molecule has 6 heteroatoms. The minimum Gasteiger partial charge on any atom is -0.395 e. The van der Waals surface area contributed by atoms with E-state index in [4.69, 9.17) is 5.73 Å². The smallest absolute Gasteiger partial charge is 0.274 e. The third kappa shape index (κ3) is 2.20. The number of aliphatic hydroxyl groups is 1. The average molecular weight is 252 g/mol. The lowest BCUT2D eigenvalue weighted by Gasteiger charge is -2.30. The van der Waals surface area contributed by atoms with E-state index < -0.39 is 6.10 Å². The van der Waals surface area contributed by atoms with Crippen LogP contribution in [0, 0.1) is 0 Å². The molecule has 0 spiro atoms. The molecule has 0 bridgehead atoms. The number of piperidine rings is 1. The number of β-amino-alcohol motifs (C(OH)–C–C–N with tert-alkyl or cyclic N) is 1. The first-order valence-corrected chi connectivity index (χ1v) is 6.33. The standard InChI is InChI=1S/C12H20N4O2/c1-3-9-10(13)11(15(2)14-9)12(18)16-6-4-5-8(17)7-16/h8,17H,3-7,13H2,1-2H3. The number of carbonyl (C=O) groups is 1. The van der Waals surface area contributed by atoms with E-state index in [0.717, 1.165) is 18.5 Å². The quantitative estimate of drug-likeness (QED) is 0.785. The largest absolute Gasteiger partial charge is 0.395 e. The van der Waals surface area contributed by atoms with Gasteiger partial charge in [-0.15, -0.1) is 0 Å². The molecule has 1 aromatic heterocycles. The number of amides is 1. The monoisotopic (exact) mass is 252 g/mol. The molecule has 3 N–H and O–H groups in total. The maximum atomic E-state index is 12.4. The number of carbonyl (C=O) groups excluding carboxylic acids is 1. The van der Waals surface area contributed by atoms with Gasteiger partial charge < -0.3 is 15.7 Å². The van der Waals surface area contributed by atoms with Gasteiger partial charge >= 0.3 is 0 Å². The molecule has 1 amide bonds. The minimum atomic E-state index is -0.428. The maximum Gasteiger partial charge on any atom is 0.274 e. The summed E-state index contributed by atoms with van der Waals surface area (Å²) in [6.45, 7) is 3.00. The number of aromatic nitrogens is 2. The van der Waals surface area contributed by atoms with Crippen molar-refractivity contribution in [2.75, 3.05) is 18.8 Å². The van der Waals surface area contributed by atoms with Gasteiger partial charge in [-0.25, -0.2) is 0 Å². The van der Waals surface area contributed by atoms with Crippen LogP contribution in [0.4, 0.5) is 5.69 Å². The van der Waals surface area contributed by atoms with Crippen molar-refractivity contribution in [2.45, 2.75) is 32.3 Å². The predicted molar refractivity (Wildman–Crippen MR) is 68.1 cm³/mol. The van der Waals surface area contributed by atoms with Gasteiger partial charge in [0.05, 0.1) is 17.5 Å². The first kappa shape index (κ1) is 12.9. The molecule has 0 radical (unpaired) electrons. The fraction of sp³-hybridized carbons (Fsp3) is 0.667. The van der Waals surface area contributed by atoms with Crippen LogP contribution in [0.1, 0.15) is 35.9 Å². The van der Waals surface area contributed by atoms with Crippen LogP contribution < -0.4 is 5.73 Å². The van der Waals surface area contributed by atoms with Crippen LogP contribution in [0.3, 0.4) is 0 Å². The van der Waals surface area contributed by atoms with Crippen molar-refractivity contribution in [3.05, 3.63) is 11.4 Å². The number of nitrogens with zero attached hydrogens (tertiary/aromatic N) is 3. The molecule has 1 fully saturated rings. The van der Waals surface area contributed by atoms with Crippen LogP contribution in [0.15, 0.2) is 0 Å². The van der Waals surface area contributed by atoms with Gasteiger partial charge in [-0.2, -0.15) is 5.10 Å². The van der Waals surface area contributed by atoms with E-state index >= 15 is 0 Å². The third-order valence-corrected chi connectivity index (χ3v) is 3.38. The van der Waals surface area contributed by atoms with Gasteiger partial charge in [0.2, 0.25) is 0 Å². The van der Waals surface area contributed by atoms with Crippen molar-refractivity contribution in [1.29, 1.82) is 0 Å². The zero-order valence-electron chi connectivity index (χ0n) is 10.9. The summed E-state index contributed by atoms with van der Waals surface area (Å²) in [4.78, 5) is 14.0. The van der Waals surface area contributed by atoms with Crippen LogP contribution >= 0.6 is 0 Å². The number of nitrogen functional groups attached to an aromatic ring is 1. The Labute approximate surface area is 106 Å². The Hall–Kier alpha value is -1.56. The number of aliphatic hydroxyl groups excluding tert-OH is 1. The second-order valence-corrected chi connectivity index (χ2v) is 4.73. The molecule has 1 aromatic rings. The Balaban J connectivity index is 2.25. The Morgan fingerprint density at radius 1 is 1.61 bits per heavy atom. The van der Waals surface area contributed by atoms with Crippen molar-refractivity contribution >= 4 is 11.6 Å². The Morgan fingerprint density at radius 2 is 2.33 bits per heavy atom. The van der Waals surface area contributed by atoms with Gasteiger partial charge in [-0.05, 0) is 19.3 Å². The molecule has 1 unspecified atom stereocenters. The minimum absolute atomic E-state index is 0.138. The van der Waals surface area contributed by atoms with E-state index in [0.29, 0.717) is 30.9 Å². The lowest BCUT2D eigenvalue weighted by Crippen LogP contribution is -2.43. The van der Waals surface area contributed by atoms with Crippen molar-refractivity contribution < 1.29 is 9.90 Å². The van der Waals surface area contributed by atoms with E-state index in [9.17, 15) is 9.90 Å². The second-order valence-electron chi connectivity index (χ2n) is 4.73. The molecular formula is C12H20N4O2.